The fraction of sp³-hybridized carbons (Fsp3) is 0.200. The second kappa shape index (κ2) is 5.00. The van der Waals surface area contributed by atoms with E-state index in [-0.39, 0.29) is 22.9 Å². The first-order chi connectivity index (χ1) is 10.5. The summed E-state index contributed by atoms with van der Waals surface area (Å²) in [7, 11) is 0. The number of allylic oxidation sites excluding steroid dienone is 3. The van der Waals surface area contributed by atoms with E-state index in [2.05, 4.69) is 0 Å². The number of benzene rings is 1. The Bertz CT molecular complexity index is 784. The number of rotatable bonds is 2. The van der Waals surface area contributed by atoms with E-state index in [4.69, 9.17) is 10.5 Å². The molecule has 1 unspecified atom stereocenters. The van der Waals surface area contributed by atoms with Gasteiger partial charge in [0.25, 0.3) is 5.69 Å². The van der Waals surface area contributed by atoms with Crippen LogP contribution >= 0.6 is 0 Å². The van der Waals surface area contributed by atoms with Gasteiger partial charge in [-0.2, -0.15) is 5.26 Å². The summed E-state index contributed by atoms with van der Waals surface area (Å²) in [5.74, 6) is -0.229. The molecule has 7 nitrogen and oxygen atoms in total. The first kappa shape index (κ1) is 13.8. The molecular weight excluding hydrogens is 286 g/mol. The topological polar surface area (TPSA) is 119 Å². The Hall–Kier alpha value is -3.14. The molecule has 0 amide bonds. The molecular formula is C15H11N3O4. The van der Waals surface area contributed by atoms with E-state index < -0.39 is 10.8 Å². The number of nitrogens with zero attached hydrogens (tertiary/aromatic N) is 2. The number of ether oxygens (including phenoxy) is 1. The van der Waals surface area contributed by atoms with Gasteiger partial charge < -0.3 is 10.5 Å². The maximum atomic E-state index is 12.1. The van der Waals surface area contributed by atoms with Crippen LogP contribution in [-0.2, 0) is 9.53 Å². The number of non-ortho nitro benzene ring substituents is 1. The molecule has 3 rings (SSSR count). The van der Waals surface area contributed by atoms with Gasteiger partial charge in [-0.05, 0) is 5.56 Å². The first-order valence-electron chi connectivity index (χ1n) is 6.61. The number of hydrogen-bond donors (Lipinski definition) is 1. The lowest BCUT2D eigenvalue weighted by molar-refractivity contribution is -0.384. The van der Waals surface area contributed by atoms with Crippen molar-refractivity contribution in [1.29, 1.82) is 5.26 Å². The summed E-state index contributed by atoms with van der Waals surface area (Å²) in [6, 6.07) is 7.74. The molecule has 2 N–H and O–H groups in total. The number of nitro benzene ring substituents is 1. The number of nitro groups is 1. The van der Waals surface area contributed by atoms with Crippen LogP contribution in [0.15, 0.2) is 47.1 Å². The predicted octanol–water partition coefficient (Wildman–Crippen LogP) is 2.02. The van der Waals surface area contributed by atoms with E-state index in [1.165, 1.54) is 24.3 Å². The number of carbonyl (C=O) groups excluding carboxylic acids is 1. The van der Waals surface area contributed by atoms with Gasteiger partial charge in [0, 0.05) is 30.5 Å². The Kier molecular flexibility index (Phi) is 3.14. The predicted molar refractivity (Wildman–Crippen MR) is 75.0 cm³/mol. The number of hydrogen-bond acceptors (Lipinski definition) is 6. The van der Waals surface area contributed by atoms with Crippen LogP contribution in [0.5, 0.6) is 0 Å². The van der Waals surface area contributed by atoms with Gasteiger partial charge in [0.1, 0.15) is 17.4 Å². The van der Waals surface area contributed by atoms with Crippen LogP contribution in [0.25, 0.3) is 0 Å². The van der Waals surface area contributed by atoms with Gasteiger partial charge in [0.05, 0.1) is 10.8 Å². The highest BCUT2D eigenvalue weighted by Gasteiger charge is 2.39. The zero-order valence-corrected chi connectivity index (χ0v) is 11.4. The third-order valence-electron chi connectivity index (χ3n) is 3.81. The monoisotopic (exact) mass is 297 g/mol. The lowest BCUT2D eigenvalue weighted by Gasteiger charge is -2.24. The van der Waals surface area contributed by atoms with Crippen LogP contribution in [0.1, 0.15) is 24.3 Å². The van der Waals surface area contributed by atoms with Gasteiger partial charge in [0.2, 0.25) is 5.88 Å². The number of nitriles is 1. The molecule has 0 aromatic heterocycles. The normalized spacial score (nSPS) is 20.5. The van der Waals surface area contributed by atoms with Gasteiger partial charge in [-0.1, -0.05) is 12.1 Å². The SMILES string of the molecule is N#CC1=C(N)OC2=C(C(=O)CC2)C1c1ccc([N+](=O)[O-])cc1. The molecule has 0 fully saturated rings. The van der Waals surface area contributed by atoms with Crippen molar-refractivity contribution in [3.63, 3.8) is 0 Å². The van der Waals surface area contributed by atoms with E-state index >= 15 is 0 Å². The highest BCUT2D eigenvalue weighted by atomic mass is 16.6. The Morgan fingerprint density at radius 1 is 1.32 bits per heavy atom. The van der Waals surface area contributed by atoms with Crippen molar-refractivity contribution in [3.8, 4) is 6.07 Å². The van der Waals surface area contributed by atoms with Crippen LogP contribution in [0.2, 0.25) is 0 Å². The number of carbonyl (C=O) groups is 1. The van der Waals surface area contributed by atoms with Crippen molar-refractivity contribution >= 4 is 11.5 Å². The minimum atomic E-state index is -0.621. The molecule has 2 aliphatic rings. The van der Waals surface area contributed by atoms with Gasteiger partial charge in [-0.25, -0.2) is 0 Å². The number of nitrogens with two attached hydrogens (primary N) is 1. The smallest absolute Gasteiger partial charge is 0.269 e. The van der Waals surface area contributed by atoms with Gasteiger partial charge in [-0.15, -0.1) is 0 Å². The third-order valence-corrected chi connectivity index (χ3v) is 3.81. The molecule has 7 heteroatoms. The number of Topliss-reactive ketones (excluding diaryl/α,β-unsaturated/α-hetero) is 1. The summed E-state index contributed by atoms with van der Waals surface area (Å²) in [4.78, 5) is 22.3. The summed E-state index contributed by atoms with van der Waals surface area (Å²) >= 11 is 0. The highest BCUT2D eigenvalue weighted by Crippen LogP contribution is 2.44. The summed E-state index contributed by atoms with van der Waals surface area (Å²) in [5, 5.41) is 20.1. The summed E-state index contributed by atoms with van der Waals surface area (Å²) in [6.45, 7) is 0. The molecule has 1 aromatic carbocycles. The summed E-state index contributed by atoms with van der Waals surface area (Å²) in [5.41, 5.74) is 6.91. The first-order valence-corrected chi connectivity index (χ1v) is 6.61. The highest BCUT2D eigenvalue weighted by molar-refractivity contribution is 6.01. The minimum absolute atomic E-state index is 0.0145. The molecule has 1 aliphatic carbocycles. The lowest BCUT2D eigenvalue weighted by atomic mass is 9.83. The van der Waals surface area contributed by atoms with Crippen LogP contribution < -0.4 is 5.73 Å². The Morgan fingerprint density at radius 2 is 2.00 bits per heavy atom. The van der Waals surface area contributed by atoms with Crippen LogP contribution in [-0.4, -0.2) is 10.7 Å². The van der Waals surface area contributed by atoms with Crippen molar-refractivity contribution < 1.29 is 14.5 Å². The van der Waals surface area contributed by atoms with Crippen molar-refractivity contribution in [2.75, 3.05) is 0 Å². The van der Waals surface area contributed by atoms with Crippen LogP contribution in [0.4, 0.5) is 5.69 Å². The Morgan fingerprint density at radius 3 is 2.59 bits per heavy atom. The van der Waals surface area contributed by atoms with Crippen molar-refractivity contribution in [2.45, 2.75) is 18.8 Å². The molecule has 1 heterocycles. The van der Waals surface area contributed by atoms with E-state index in [1.807, 2.05) is 6.07 Å². The fourth-order valence-corrected chi connectivity index (χ4v) is 2.80. The molecule has 0 radical (unpaired) electrons. The largest absolute Gasteiger partial charge is 0.444 e. The Balaban J connectivity index is 2.11. The summed E-state index contributed by atoms with van der Waals surface area (Å²) in [6.07, 6.45) is 0.775. The van der Waals surface area contributed by atoms with Gasteiger partial charge in [-0.3, -0.25) is 14.9 Å². The van der Waals surface area contributed by atoms with E-state index in [0.29, 0.717) is 29.7 Å². The van der Waals surface area contributed by atoms with E-state index in [1.54, 1.807) is 0 Å². The van der Waals surface area contributed by atoms with E-state index in [0.717, 1.165) is 0 Å². The maximum Gasteiger partial charge on any atom is 0.269 e. The minimum Gasteiger partial charge on any atom is -0.444 e. The second-order valence-corrected chi connectivity index (χ2v) is 5.03. The van der Waals surface area contributed by atoms with Crippen LogP contribution in [0.3, 0.4) is 0 Å². The zero-order valence-electron chi connectivity index (χ0n) is 11.4. The van der Waals surface area contributed by atoms with Gasteiger partial charge in [0.15, 0.2) is 5.78 Å². The Labute approximate surface area is 125 Å². The average molecular weight is 297 g/mol. The molecule has 1 atom stereocenters. The second-order valence-electron chi connectivity index (χ2n) is 5.03. The summed E-state index contributed by atoms with van der Waals surface area (Å²) < 4.78 is 5.38. The van der Waals surface area contributed by atoms with Crippen LogP contribution in [0, 0.1) is 21.4 Å². The standard InChI is InChI=1S/C15H11N3O4/c16-7-10-13(8-1-3-9(4-2-8)18(20)21)14-11(19)5-6-12(14)22-15(10)17/h1-4,13H,5-6,17H2. The van der Waals surface area contributed by atoms with E-state index in [9.17, 15) is 20.2 Å². The zero-order chi connectivity index (χ0) is 15.9. The average Bonchev–Trinajstić information content (AvgIpc) is 2.87. The van der Waals surface area contributed by atoms with Gasteiger partial charge >= 0.3 is 0 Å². The molecule has 1 aliphatic heterocycles. The third kappa shape index (κ3) is 2.02. The number of ketones is 1. The molecule has 0 bridgehead atoms. The molecule has 110 valence electrons. The molecule has 0 spiro atoms. The van der Waals surface area contributed by atoms with Crippen molar-refractivity contribution in [3.05, 3.63) is 62.7 Å². The molecule has 1 aromatic rings. The fourth-order valence-electron chi connectivity index (χ4n) is 2.80. The molecule has 22 heavy (non-hydrogen) atoms. The van der Waals surface area contributed by atoms with Crippen molar-refractivity contribution in [1.82, 2.24) is 0 Å². The maximum absolute atomic E-state index is 12.1. The quantitative estimate of drug-likeness (QED) is 0.658. The molecule has 0 saturated heterocycles. The van der Waals surface area contributed by atoms with Crippen molar-refractivity contribution in [2.24, 2.45) is 5.73 Å². The molecule has 0 saturated carbocycles. The lowest BCUT2D eigenvalue weighted by Crippen LogP contribution is -2.21.